The fraction of sp³-hybridized carbons (Fsp3) is 0.333. The third-order valence-corrected chi connectivity index (χ3v) is 5.95. The third-order valence-electron chi connectivity index (χ3n) is 4.66. The minimum Gasteiger partial charge on any atom is -1.00 e. The number of halogens is 2. The van der Waals surface area contributed by atoms with Gasteiger partial charge in [0.2, 0.25) is 0 Å². The van der Waals surface area contributed by atoms with Crippen molar-refractivity contribution < 1.29 is 45.5 Å². The topological polar surface area (TPSA) is 3.24 Å². The van der Waals surface area contributed by atoms with E-state index in [1.165, 1.54) is 33.0 Å². The molecular weight excluding hydrogens is 385 g/mol. The first-order valence-corrected chi connectivity index (χ1v) is 8.94. The fourth-order valence-electron chi connectivity index (χ4n) is 3.12. The Morgan fingerprint density at radius 2 is 1.72 bits per heavy atom. The summed E-state index contributed by atoms with van der Waals surface area (Å²) in [6, 6.07) is 13.3. The normalized spacial score (nSPS) is 14.0. The molecule has 2 aromatic rings. The zero-order chi connectivity index (χ0) is 16.6. The summed E-state index contributed by atoms with van der Waals surface area (Å²) in [5.74, 6) is 0. The summed E-state index contributed by atoms with van der Waals surface area (Å²) in [7, 11) is 0. The van der Waals surface area contributed by atoms with Gasteiger partial charge in [0.05, 0.1) is 0 Å². The standard InChI is InChI=1S/C21H24N.2ClH.Ti/c1-15-8-7-11-17(15)19-13-12-16-9-5-6-10-18(16)20(19)14-22-21(2,3)4;;;/h5-10,12-13H,11,14H2,1-4H3;2*1H;/q-1;;;+3/p-2. The smallest absolute Gasteiger partial charge is 1.00 e. The van der Waals surface area contributed by atoms with Crippen molar-refractivity contribution in [3.05, 3.63) is 65.3 Å². The molecule has 1 aliphatic rings. The monoisotopic (exact) mass is 408 g/mol. The van der Waals surface area contributed by atoms with E-state index >= 15 is 0 Å². The molecular formula is C21H24Cl2NTi. The van der Waals surface area contributed by atoms with E-state index in [0.717, 1.165) is 13.0 Å². The van der Waals surface area contributed by atoms with E-state index in [4.69, 9.17) is 0 Å². The minimum atomic E-state index is 0. The molecule has 0 aliphatic heterocycles. The number of benzene rings is 2. The predicted molar refractivity (Wildman–Crippen MR) is 95.6 cm³/mol. The average molecular weight is 409 g/mol. The quantitative estimate of drug-likeness (QED) is 0.627. The third kappa shape index (κ3) is 4.79. The van der Waals surface area contributed by atoms with Crippen molar-refractivity contribution in [3.8, 4) is 0 Å². The van der Waals surface area contributed by atoms with Crippen molar-refractivity contribution in [2.45, 2.75) is 46.2 Å². The first-order chi connectivity index (χ1) is 10.9. The van der Waals surface area contributed by atoms with Crippen LogP contribution in [-0.2, 0) is 27.2 Å². The van der Waals surface area contributed by atoms with Gasteiger partial charge in [0.1, 0.15) is 0 Å². The molecule has 0 N–H and O–H groups in total. The first kappa shape index (κ1) is 22.5. The fourth-order valence-corrected chi connectivity index (χ4v) is 3.37. The van der Waals surface area contributed by atoms with E-state index < -0.39 is 0 Å². The van der Waals surface area contributed by atoms with Crippen LogP contribution in [0.1, 0.15) is 45.2 Å². The summed E-state index contributed by atoms with van der Waals surface area (Å²) in [5, 5.41) is 2.71. The second-order valence-corrected chi connectivity index (χ2v) is 8.18. The zero-order valence-corrected chi connectivity index (χ0v) is 18.3. The van der Waals surface area contributed by atoms with Gasteiger partial charge >= 0.3 is 152 Å². The van der Waals surface area contributed by atoms with E-state index in [2.05, 4.69) is 100 Å². The van der Waals surface area contributed by atoms with Gasteiger partial charge in [-0.15, -0.1) is 0 Å². The van der Waals surface area contributed by atoms with Crippen LogP contribution in [0.15, 0.2) is 54.1 Å². The maximum absolute atomic E-state index is 2.44. The van der Waals surface area contributed by atoms with Crippen molar-refractivity contribution in [3.63, 3.8) is 0 Å². The maximum Gasteiger partial charge on any atom is -1.00 e. The summed E-state index contributed by atoms with van der Waals surface area (Å²) >= 11 is 2.22. The molecule has 1 nitrogen and oxygen atoms in total. The van der Waals surface area contributed by atoms with Crippen LogP contribution < -0.4 is 24.8 Å². The van der Waals surface area contributed by atoms with Gasteiger partial charge < -0.3 is 24.8 Å². The Kier molecular flexibility index (Phi) is 7.99. The number of hydrogen-bond acceptors (Lipinski definition) is 1. The molecule has 0 aromatic heterocycles. The predicted octanol–water partition coefficient (Wildman–Crippen LogP) is -0.356. The molecule has 2 aromatic carbocycles. The molecule has 0 unspecified atom stereocenters. The van der Waals surface area contributed by atoms with E-state index in [1.54, 1.807) is 0 Å². The summed E-state index contributed by atoms with van der Waals surface area (Å²) < 4.78 is 2.44. The molecule has 0 radical (unpaired) electrons. The largest absolute Gasteiger partial charge is 1.00 e. The summed E-state index contributed by atoms with van der Waals surface area (Å²) in [5.41, 5.74) is 5.92. The summed E-state index contributed by atoms with van der Waals surface area (Å²) in [6.07, 6.45) is 5.58. The Morgan fingerprint density at radius 3 is 2.32 bits per heavy atom. The van der Waals surface area contributed by atoms with Gasteiger partial charge in [-0.3, -0.25) is 0 Å². The van der Waals surface area contributed by atoms with Gasteiger partial charge in [-0.25, -0.2) is 0 Å². The van der Waals surface area contributed by atoms with Crippen LogP contribution >= 0.6 is 0 Å². The molecule has 0 heterocycles. The van der Waals surface area contributed by atoms with Gasteiger partial charge in [0.15, 0.2) is 0 Å². The first-order valence-electron chi connectivity index (χ1n) is 8.24. The van der Waals surface area contributed by atoms with Crippen molar-refractivity contribution in [1.82, 2.24) is 3.38 Å². The average Bonchev–Trinajstić information content (AvgIpc) is 2.92. The van der Waals surface area contributed by atoms with Crippen molar-refractivity contribution >= 4 is 16.3 Å². The molecule has 4 heteroatoms. The molecule has 0 saturated heterocycles. The van der Waals surface area contributed by atoms with Crippen molar-refractivity contribution in [2.24, 2.45) is 0 Å². The molecule has 25 heavy (non-hydrogen) atoms. The maximum atomic E-state index is 2.44. The van der Waals surface area contributed by atoms with Crippen LogP contribution in [-0.4, -0.2) is 8.92 Å². The van der Waals surface area contributed by atoms with Gasteiger partial charge in [-0.1, -0.05) is 0 Å². The van der Waals surface area contributed by atoms with E-state index in [-0.39, 0.29) is 30.4 Å². The van der Waals surface area contributed by atoms with Crippen molar-refractivity contribution in [2.75, 3.05) is 0 Å². The zero-order valence-electron chi connectivity index (χ0n) is 15.2. The summed E-state index contributed by atoms with van der Waals surface area (Å²) in [4.78, 5) is 0. The molecule has 0 fully saturated rings. The molecule has 0 atom stereocenters. The molecule has 0 bridgehead atoms. The number of nitrogens with zero attached hydrogens (tertiary/aromatic N) is 1. The number of allylic oxidation sites excluding steroid dienone is 4. The van der Waals surface area contributed by atoms with Gasteiger partial charge in [0, 0.05) is 0 Å². The van der Waals surface area contributed by atoms with E-state index in [0.29, 0.717) is 0 Å². The number of hydrogen-bond donors (Lipinski definition) is 0. The molecule has 0 spiro atoms. The number of rotatable bonds is 3. The van der Waals surface area contributed by atoms with E-state index in [1.807, 2.05) is 0 Å². The molecule has 0 amide bonds. The Labute approximate surface area is 176 Å². The van der Waals surface area contributed by atoms with Crippen LogP contribution in [0.5, 0.6) is 0 Å². The van der Waals surface area contributed by atoms with Crippen LogP contribution in [0, 0.1) is 0 Å². The Balaban J connectivity index is 0.00000156. The number of fused-ring (bicyclic) bond motifs is 1. The molecule has 131 valence electrons. The van der Waals surface area contributed by atoms with Gasteiger partial charge in [-0.2, -0.15) is 0 Å². The molecule has 0 saturated carbocycles. The van der Waals surface area contributed by atoms with Gasteiger partial charge in [0.25, 0.3) is 0 Å². The molecule has 1 aliphatic carbocycles. The van der Waals surface area contributed by atoms with Crippen molar-refractivity contribution in [1.29, 1.82) is 0 Å². The molecule has 3 rings (SSSR count). The minimum absolute atomic E-state index is 0. The van der Waals surface area contributed by atoms with Crippen LogP contribution in [0.4, 0.5) is 0 Å². The van der Waals surface area contributed by atoms with Gasteiger partial charge in [-0.05, 0) is 0 Å². The van der Waals surface area contributed by atoms with Crippen LogP contribution in [0.3, 0.4) is 0 Å². The Morgan fingerprint density at radius 1 is 1.04 bits per heavy atom. The SMILES string of the molecule is CC1=C(c2ccc3ccccc3c2C[N]([Ti+2])C(C)(C)C)CC=C1.[Cl-].[Cl-]. The van der Waals surface area contributed by atoms with Crippen LogP contribution in [0.25, 0.3) is 16.3 Å². The Bertz CT molecular complexity index is 803. The van der Waals surface area contributed by atoms with Crippen LogP contribution in [0.2, 0.25) is 0 Å². The second kappa shape index (κ2) is 8.88. The Hall–Kier alpha value is -0.566. The summed E-state index contributed by atoms with van der Waals surface area (Å²) in [6.45, 7) is 10.0. The van der Waals surface area contributed by atoms with E-state index in [9.17, 15) is 0 Å². The second-order valence-electron chi connectivity index (χ2n) is 7.34.